The molecule has 7 nitrogen and oxygen atoms in total. The smallest absolute Gasteiger partial charge is 0.408 e. The number of nitrogens with two attached hydrogens (primary N) is 1. The second kappa shape index (κ2) is 10.4. The van der Waals surface area contributed by atoms with Crippen molar-refractivity contribution in [3.63, 3.8) is 0 Å². The summed E-state index contributed by atoms with van der Waals surface area (Å²) in [6.45, 7) is 7.44. The van der Waals surface area contributed by atoms with Crippen molar-refractivity contribution in [3.8, 4) is 0 Å². The first-order valence-corrected chi connectivity index (χ1v) is 8.83. The Morgan fingerprint density at radius 3 is 2.15 bits per heavy atom. The Hall–Kier alpha value is -2.57. The van der Waals surface area contributed by atoms with E-state index in [2.05, 4.69) is 10.6 Å². The van der Waals surface area contributed by atoms with Gasteiger partial charge in [-0.3, -0.25) is 9.59 Å². The predicted molar refractivity (Wildman–Crippen MR) is 99.0 cm³/mol. The highest BCUT2D eigenvalue weighted by Gasteiger charge is 2.30. The Morgan fingerprint density at radius 1 is 1.04 bits per heavy atom. The molecule has 3 atom stereocenters. The first kappa shape index (κ1) is 21.5. The summed E-state index contributed by atoms with van der Waals surface area (Å²) in [5.41, 5.74) is 6.23. The van der Waals surface area contributed by atoms with Crippen LogP contribution in [-0.4, -0.2) is 30.0 Å². The van der Waals surface area contributed by atoms with Crippen LogP contribution in [0.4, 0.5) is 4.79 Å². The zero-order chi connectivity index (χ0) is 19.7. The molecule has 0 aliphatic heterocycles. The van der Waals surface area contributed by atoms with Gasteiger partial charge in [-0.15, -0.1) is 0 Å². The van der Waals surface area contributed by atoms with E-state index in [1.54, 1.807) is 13.8 Å². The van der Waals surface area contributed by atoms with Crippen molar-refractivity contribution >= 4 is 17.9 Å². The number of nitrogens with one attached hydrogen (secondary N) is 2. The van der Waals surface area contributed by atoms with Gasteiger partial charge < -0.3 is 21.1 Å². The zero-order valence-corrected chi connectivity index (χ0v) is 15.8. The minimum atomic E-state index is -0.829. The highest BCUT2D eigenvalue weighted by molar-refractivity contribution is 5.91. The molecule has 0 bridgehead atoms. The molecule has 144 valence electrons. The predicted octanol–water partition coefficient (Wildman–Crippen LogP) is 1.95. The lowest BCUT2D eigenvalue weighted by molar-refractivity contribution is -0.130. The molecule has 1 aromatic carbocycles. The minimum absolute atomic E-state index is 0.103. The third-order valence-corrected chi connectivity index (χ3v) is 4.25. The molecule has 26 heavy (non-hydrogen) atoms. The summed E-state index contributed by atoms with van der Waals surface area (Å²) in [6.07, 6.45) is -0.00544. The third-order valence-electron chi connectivity index (χ3n) is 4.25. The van der Waals surface area contributed by atoms with Gasteiger partial charge in [-0.1, -0.05) is 64.4 Å². The standard InChI is InChI=1S/C19H29N3O4/c1-5-13(4)16(17(20)23)21-18(24)15(12(2)3)22-19(25)26-11-14-9-7-6-8-10-14/h6-10,12-13,15-16H,5,11H2,1-4H3,(H2,20,23)(H,21,24)(H,22,25)/t13-,15+,16-/m1/s1. The van der Waals surface area contributed by atoms with Crippen molar-refractivity contribution in [2.75, 3.05) is 0 Å². The number of ether oxygens (including phenoxy) is 1. The van der Waals surface area contributed by atoms with Crippen molar-refractivity contribution in [1.82, 2.24) is 10.6 Å². The maximum absolute atomic E-state index is 12.5. The summed E-state index contributed by atoms with van der Waals surface area (Å²) in [6, 6.07) is 7.63. The number of rotatable bonds is 9. The van der Waals surface area contributed by atoms with Crippen molar-refractivity contribution < 1.29 is 19.1 Å². The van der Waals surface area contributed by atoms with Crippen LogP contribution < -0.4 is 16.4 Å². The largest absolute Gasteiger partial charge is 0.445 e. The fourth-order valence-corrected chi connectivity index (χ4v) is 2.40. The maximum Gasteiger partial charge on any atom is 0.408 e. The van der Waals surface area contributed by atoms with E-state index in [0.29, 0.717) is 6.42 Å². The molecular formula is C19H29N3O4. The van der Waals surface area contributed by atoms with E-state index in [0.717, 1.165) is 5.56 Å². The van der Waals surface area contributed by atoms with Crippen molar-refractivity contribution in [2.45, 2.75) is 52.8 Å². The van der Waals surface area contributed by atoms with E-state index in [1.165, 1.54) is 0 Å². The topological polar surface area (TPSA) is 111 Å². The molecule has 0 radical (unpaired) electrons. The molecule has 0 saturated heterocycles. The first-order chi connectivity index (χ1) is 12.3. The lowest BCUT2D eigenvalue weighted by Gasteiger charge is -2.26. The summed E-state index contributed by atoms with van der Waals surface area (Å²) >= 11 is 0. The number of benzene rings is 1. The normalized spacial score (nSPS) is 14.2. The van der Waals surface area contributed by atoms with Crippen LogP contribution in [0, 0.1) is 11.8 Å². The van der Waals surface area contributed by atoms with Gasteiger partial charge in [0.25, 0.3) is 0 Å². The van der Waals surface area contributed by atoms with Crippen LogP contribution >= 0.6 is 0 Å². The molecule has 7 heteroatoms. The van der Waals surface area contributed by atoms with Gasteiger partial charge in [-0.25, -0.2) is 4.79 Å². The quantitative estimate of drug-likeness (QED) is 0.623. The highest BCUT2D eigenvalue weighted by Crippen LogP contribution is 2.10. The molecule has 0 aromatic heterocycles. The number of alkyl carbamates (subject to hydrolysis) is 1. The molecular weight excluding hydrogens is 334 g/mol. The Balaban J connectivity index is 2.67. The lowest BCUT2D eigenvalue weighted by atomic mass is 9.97. The first-order valence-electron chi connectivity index (χ1n) is 8.83. The fraction of sp³-hybridized carbons (Fsp3) is 0.526. The van der Waals surface area contributed by atoms with E-state index in [9.17, 15) is 14.4 Å². The number of hydrogen-bond acceptors (Lipinski definition) is 4. The molecule has 0 fully saturated rings. The van der Waals surface area contributed by atoms with E-state index in [4.69, 9.17) is 10.5 Å². The van der Waals surface area contributed by atoms with Gasteiger partial charge >= 0.3 is 6.09 Å². The second-order valence-corrected chi connectivity index (χ2v) is 6.70. The van der Waals surface area contributed by atoms with Crippen LogP contribution in [0.2, 0.25) is 0 Å². The van der Waals surface area contributed by atoms with Crippen LogP contribution in [0.3, 0.4) is 0 Å². The number of primary amides is 1. The van der Waals surface area contributed by atoms with Gasteiger partial charge in [-0.05, 0) is 17.4 Å². The van der Waals surface area contributed by atoms with Crippen LogP contribution in [0.25, 0.3) is 0 Å². The Kier molecular flexibility index (Phi) is 8.61. The average molecular weight is 363 g/mol. The van der Waals surface area contributed by atoms with Gasteiger partial charge in [0.2, 0.25) is 11.8 Å². The fourth-order valence-electron chi connectivity index (χ4n) is 2.40. The summed E-state index contributed by atoms with van der Waals surface area (Å²) in [5, 5.41) is 5.21. The summed E-state index contributed by atoms with van der Waals surface area (Å²) < 4.78 is 5.16. The number of hydrogen-bond donors (Lipinski definition) is 3. The molecule has 0 heterocycles. The number of carbonyl (C=O) groups excluding carboxylic acids is 3. The molecule has 1 aromatic rings. The van der Waals surface area contributed by atoms with Gasteiger partial charge in [0, 0.05) is 0 Å². The summed E-state index contributed by atoms with van der Waals surface area (Å²) in [7, 11) is 0. The summed E-state index contributed by atoms with van der Waals surface area (Å²) in [5.74, 6) is -1.35. The zero-order valence-electron chi connectivity index (χ0n) is 15.8. The Labute approximate surface area is 154 Å². The summed E-state index contributed by atoms with van der Waals surface area (Å²) in [4.78, 5) is 36.2. The van der Waals surface area contributed by atoms with Crippen molar-refractivity contribution in [3.05, 3.63) is 35.9 Å². The van der Waals surface area contributed by atoms with Crippen molar-refractivity contribution in [2.24, 2.45) is 17.6 Å². The molecule has 4 N–H and O–H groups in total. The molecule has 0 aliphatic carbocycles. The Bertz CT molecular complexity index is 604. The SMILES string of the molecule is CC[C@@H](C)[C@@H](NC(=O)[C@@H](NC(=O)OCc1ccccc1)C(C)C)C(N)=O. The van der Waals surface area contributed by atoms with E-state index in [-0.39, 0.29) is 18.4 Å². The number of amides is 3. The van der Waals surface area contributed by atoms with Crippen LogP contribution in [0.1, 0.15) is 39.7 Å². The van der Waals surface area contributed by atoms with E-state index >= 15 is 0 Å². The molecule has 0 spiro atoms. The Morgan fingerprint density at radius 2 is 1.65 bits per heavy atom. The van der Waals surface area contributed by atoms with Gasteiger partial charge in [0.1, 0.15) is 18.7 Å². The average Bonchev–Trinajstić information content (AvgIpc) is 2.61. The lowest BCUT2D eigenvalue weighted by Crippen LogP contribution is -2.56. The molecule has 0 saturated carbocycles. The molecule has 0 aliphatic rings. The van der Waals surface area contributed by atoms with Gasteiger partial charge in [-0.2, -0.15) is 0 Å². The van der Waals surface area contributed by atoms with Crippen LogP contribution in [-0.2, 0) is 20.9 Å². The molecule has 1 rings (SSSR count). The molecule has 0 unspecified atom stereocenters. The van der Waals surface area contributed by atoms with Gasteiger partial charge in [0.15, 0.2) is 0 Å². The third kappa shape index (κ3) is 6.74. The second-order valence-electron chi connectivity index (χ2n) is 6.70. The highest BCUT2D eigenvalue weighted by atomic mass is 16.5. The van der Waals surface area contributed by atoms with Crippen molar-refractivity contribution in [1.29, 1.82) is 0 Å². The van der Waals surface area contributed by atoms with Gasteiger partial charge in [0.05, 0.1) is 0 Å². The van der Waals surface area contributed by atoms with E-state index < -0.39 is 30.0 Å². The number of carbonyl (C=O) groups is 3. The van der Waals surface area contributed by atoms with Crippen LogP contribution in [0.15, 0.2) is 30.3 Å². The minimum Gasteiger partial charge on any atom is -0.445 e. The maximum atomic E-state index is 12.5. The van der Waals surface area contributed by atoms with E-state index in [1.807, 2.05) is 44.2 Å². The molecule has 3 amide bonds. The monoisotopic (exact) mass is 363 g/mol. The van der Waals surface area contributed by atoms with Crippen LogP contribution in [0.5, 0.6) is 0 Å².